The van der Waals surface area contributed by atoms with Gasteiger partial charge in [0.15, 0.2) is 0 Å². The molecule has 1 heterocycles. The van der Waals surface area contributed by atoms with Gasteiger partial charge in [-0.3, -0.25) is 4.79 Å². The molecule has 0 saturated carbocycles. The lowest BCUT2D eigenvalue weighted by Crippen LogP contribution is -2.50. The van der Waals surface area contributed by atoms with Crippen LogP contribution in [0.2, 0.25) is 0 Å². The van der Waals surface area contributed by atoms with E-state index in [1.54, 1.807) is 12.1 Å². The normalized spacial score (nSPS) is 17.1. The Hall–Kier alpha value is -1.62. The number of carbonyl (C=O) groups excluding carboxylic acids is 1. The summed E-state index contributed by atoms with van der Waals surface area (Å²) in [4.78, 5) is 16.3. The van der Waals surface area contributed by atoms with Crippen molar-refractivity contribution in [1.82, 2.24) is 4.90 Å². The fourth-order valence-corrected chi connectivity index (χ4v) is 2.52. The van der Waals surface area contributed by atoms with Crippen LogP contribution >= 0.6 is 0 Å². The Labute approximate surface area is 119 Å². The van der Waals surface area contributed by atoms with Gasteiger partial charge in [0, 0.05) is 37.8 Å². The standard InChI is InChI=1S/C15H22FN3O/c1-12(6-7-17)15(20)19-10-8-18(9-11-19)14-4-2-13(16)3-5-14/h2-5,12H,6-11,17H2,1H3. The van der Waals surface area contributed by atoms with Gasteiger partial charge < -0.3 is 15.5 Å². The number of hydrogen-bond donors (Lipinski definition) is 1. The Morgan fingerprint density at radius 3 is 2.40 bits per heavy atom. The van der Waals surface area contributed by atoms with Gasteiger partial charge >= 0.3 is 0 Å². The molecule has 2 rings (SSSR count). The van der Waals surface area contributed by atoms with E-state index in [9.17, 15) is 9.18 Å². The Kier molecular flexibility index (Phi) is 4.95. The molecule has 1 saturated heterocycles. The van der Waals surface area contributed by atoms with Crippen LogP contribution in [0.25, 0.3) is 0 Å². The summed E-state index contributed by atoms with van der Waals surface area (Å²) in [6.07, 6.45) is 0.733. The highest BCUT2D eigenvalue weighted by molar-refractivity contribution is 5.78. The van der Waals surface area contributed by atoms with Gasteiger partial charge in [-0.25, -0.2) is 4.39 Å². The van der Waals surface area contributed by atoms with Crippen molar-refractivity contribution < 1.29 is 9.18 Å². The minimum Gasteiger partial charge on any atom is -0.368 e. The predicted octanol–water partition coefficient (Wildman–Crippen LogP) is 1.46. The first kappa shape index (κ1) is 14.8. The van der Waals surface area contributed by atoms with Crippen molar-refractivity contribution in [3.05, 3.63) is 30.1 Å². The van der Waals surface area contributed by atoms with E-state index in [1.165, 1.54) is 12.1 Å². The van der Waals surface area contributed by atoms with Crippen LogP contribution in [0.15, 0.2) is 24.3 Å². The predicted molar refractivity (Wildman–Crippen MR) is 78.0 cm³/mol. The molecule has 110 valence electrons. The van der Waals surface area contributed by atoms with E-state index < -0.39 is 0 Å². The van der Waals surface area contributed by atoms with Gasteiger partial charge in [0.2, 0.25) is 5.91 Å². The van der Waals surface area contributed by atoms with Crippen molar-refractivity contribution >= 4 is 11.6 Å². The summed E-state index contributed by atoms with van der Waals surface area (Å²) in [5.41, 5.74) is 6.51. The number of carbonyl (C=O) groups is 1. The monoisotopic (exact) mass is 279 g/mol. The molecule has 1 amide bonds. The molecule has 1 aromatic carbocycles. The third-order valence-corrected chi connectivity index (χ3v) is 3.80. The van der Waals surface area contributed by atoms with Gasteiger partial charge in [-0.05, 0) is 37.2 Å². The Morgan fingerprint density at radius 2 is 1.85 bits per heavy atom. The Morgan fingerprint density at radius 1 is 1.25 bits per heavy atom. The lowest BCUT2D eigenvalue weighted by Gasteiger charge is -2.37. The SMILES string of the molecule is CC(CCN)C(=O)N1CCN(c2ccc(F)cc2)CC1. The average molecular weight is 279 g/mol. The minimum absolute atomic E-state index is 0.00243. The molecule has 0 spiro atoms. The van der Waals surface area contributed by atoms with E-state index in [0.29, 0.717) is 19.6 Å². The lowest BCUT2D eigenvalue weighted by atomic mass is 10.1. The molecule has 1 unspecified atom stereocenters. The van der Waals surface area contributed by atoms with Crippen molar-refractivity contribution in [2.75, 3.05) is 37.6 Å². The molecule has 20 heavy (non-hydrogen) atoms. The summed E-state index contributed by atoms with van der Waals surface area (Å²) >= 11 is 0. The zero-order valence-electron chi connectivity index (χ0n) is 11.9. The van der Waals surface area contributed by atoms with Gasteiger partial charge in [-0.1, -0.05) is 6.92 Å². The molecular formula is C15H22FN3O. The fourth-order valence-electron chi connectivity index (χ4n) is 2.52. The molecular weight excluding hydrogens is 257 g/mol. The number of hydrogen-bond acceptors (Lipinski definition) is 3. The molecule has 1 aliphatic heterocycles. The van der Waals surface area contributed by atoms with E-state index in [2.05, 4.69) is 4.90 Å². The molecule has 1 fully saturated rings. The van der Waals surface area contributed by atoms with Crippen LogP contribution in [0.5, 0.6) is 0 Å². The Balaban J connectivity index is 1.89. The summed E-state index contributed by atoms with van der Waals surface area (Å²) < 4.78 is 12.9. The highest BCUT2D eigenvalue weighted by atomic mass is 19.1. The smallest absolute Gasteiger partial charge is 0.225 e. The van der Waals surface area contributed by atoms with Crippen LogP contribution in [0.1, 0.15) is 13.3 Å². The topological polar surface area (TPSA) is 49.6 Å². The summed E-state index contributed by atoms with van der Waals surface area (Å²) in [6.45, 7) is 5.47. The van der Waals surface area contributed by atoms with Crippen LogP contribution in [0, 0.1) is 11.7 Å². The summed E-state index contributed by atoms with van der Waals surface area (Å²) in [5, 5.41) is 0. The number of nitrogens with two attached hydrogens (primary N) is 1. The molecule has 2 N–H and O–H groups in total. The fraction of sp³-hybridized carbons (Fsp3) is 0.533. The molecule has 5 heteroatoms. The quantitative estimate of drug-likeness (QED) is 0.908. The second kappa shape index (κ2) is 6.70. The molecule has 1 aromatic rings. The van der Waals surface area contributed by atoms with Crippen LogP contribution < -0.4 is 10.6 Å². The van der Waals surface area contributed by atoms with Crippen molar-refractivity contribution in [1.29, 1.82) is 0 Å². The molecule has 1 aliphatic rings. The zero-order valence-corrected chi connectivity index (χ0v) is 11.9. The zero-order chi connectivity index (χ0) is 14.5. The number of rotatable bonds is 4. The van der Waals surface area contributed by atoms with Crippen molar-refractivity contribution in [2.24, 2.45) is 11.7 Å². The van der Waals surface area contributed by atoms with Crippen LogP contribution in [0.4, 0.5) is 10.1 Å². The van der Waals surface area contributed by atoms with Gasteiger partial charge in [-0.2, -0.15) is 0 Å². The van der Waals surface area contributed by atoms with Crippen molar-refractivity contribution in [2.45, 2.75) is 13.3 Å². The second-order valence-corrected chi connectivity index (χ2v) is 5.27. The van der Waals surface area contributed by atoms with E-state index >= 15 is 0 Å². The van der Waals surface area contributed by atoms with E-state index in [-0.39, 0.29) is 17.6 Å². The van der Waals surface area contributed by atoms with Crippen LogP contribution in [-0.4, -0.2) is 43.5 Å². The van der Waals surface area contributed by atoms with Gasteiger partial charge in [0.1, 0.15) is 5.82 Å². The number of halogens is 1. The van der Waals surface area contributed by atoms with Gasteiger partial charge in [-0.15, -0.1) is 0 Å². The number of benzene rings is 1. The van der Waals surface area contributed by atoms with E-state index in [0.717, 1.165) is 25.2 Å². The van der Waals surface area contributed by atoms with Crippen LogP contribution in [-0.2, 0) is 4.79 Å². The lowest BCUT2D eigenvalue weighted by molar-refractivity contribution is -0.135. The first-order chi connectivity index (χ1) is 9.61. The highest BCUT2D eigenvalue weighted by Gasteiger charge is 2.24. The number of nitrogens with zero attached hydrogens (tertiary/aromatic N) is 2. The maximum atomic E-state index is 12.9. The largest absolute Gasteiger partial charge is 0.368 e. The Bertz CT molecular complexity index is 441. The number of amides is 1. The molecule has 4 nitrogen and oxygen atoms in total. The summed E-state index contributed by atoms with van der Waals surface area (Å²) in [5.74, 6) is -0.0373. The molecule has 1 atom stereocenters. The summed E-state index contributed by atoms with van der Waals surface area (Å²) in [7, 11) is 0. The second-order valence-electron chi connectivity index (χ2n) is 5.27. The van der Waals surface area contributed by atoms with Crippen molar-refractivity contribution in [3.8, 4) is 0 Å². The van der Waals surface area contributed by atoms with E-state index in [1.807, 2.05) is 11.8 Å². The minimum atomic E-state index is -0.224. The summed E-state index contributed by atoms with van der Waals surface area (Å²) in [6, 6.07) is 6.50. The third-order valence-electron chi connectivity index (χ3n) is 3.80. The average Bonchev–Trinajstić information content (AvgIpc) is 2.48. The highest BCUT2D eigenvalue weighted by Crippen LogP contribution is 2.18. The third kappa shape index (κ3) is 3.48. The van der Waals surface area contributed by atoms with Crippen molar-refractivity contribution in [3.63, 3.8) is 0 Å². The molecule has 0 aromatic heterocycles. The molecule has 0 radical (unpaired) electrons. The van der Waals surface area contributed by atoms with Crippen LogP contribution in [0.3, 0.4) is 0 Å². The number of anilines is 1. The van der Waals surface area contributed by atoms with E-state index in [4.69, 9.17) is 5.73 Å². The molecule has 0 bridgehead atoms. The maximum absolute atomic E-state index is 12.9. The van der Waals surface area contributed by atoms with Gasteiger partial charge in [0.25, 0.3) is 0 Å². The molecule has 0 aliphatic carbocycles. The first-order valence-corrected chi connectivity index (χ1v) is 7.11. The maximum Gasteiger partial charge on any atom is 0.225 e. The first-order valence-electron chi connectivity index (χ1n) is 7.11. The number of piperazine rings is 1. The van der Waals surface area contributed by atoms with Gasteiger partial charge in [0.05, 0.1) is 0 Å².